The standard InChI is InChI=1S/C9H11NO2.2ClH/c1-12-9(11)5-4-8-3-2-6-10-7-8;;/h2-3,6-7H,4-5H2,1H3;2*1H. The number of carbonyl (C=O) groups is 1. The SMILES string of the molecule is COC(=O)CCc1cccnc1.Cl.Cl. The Hall–Kier alpha value is -0.800. The maximum atomic E-state index is 10.7. The maximum Gasteiger partial charge on any atom is 0.305 e. The van der Waals surface area contributed by atoms with Crippen LogP contribution in [-0.4, -0.2) is 18.1 Å². The molecular formula is C9H13Cl2NO2. The third kappa shape index (κ3) is 5.78. The summed E-state index contributed by atoms with van der Waals surface area (Å²) in [6.07, 6.45) is 4.58. The number of carbonyl (C=O) groups excluding carboxylic acids is 1. The van der Waals surface area contributed by atoms with E-state index in [2.05, 4.69) is 9.72 Å². The van der Waals surface area contributed by atoms with Crippen LogP contribution in [0.5, 0.6) is 0 Å². The highest BCUT2D eigenvalue weighted by Gasteiger charge is 1.99. The molecule has 0 aromatic carbocycles. The number of methoxy groups -OCH3 is 1. The van der Waals surface area contributed by atoms with Crippen LogP contribution in [0.15, 0.2) is 24.5 Å². The molecular weight excluding hydrogens is 225 g/mol. The Morgan fingerprint density at radius 3 is 2.71 bits per heavy atom. The molecule has 0 spiro atoms. The van der Waals surface area contributed by atoms with Gasteiger partial charge in [-0.1, -0.05) is 6.07 Å². The van der Waals surface area contributed by atoms with Crippen molar-refractivity contribution in [3.05, 3.63) is 30.1 Å². The molecule has 1 aromatic heterocycles. The number of nitrogens with zero attached hydrogens (tertiary/aromatic N) is 1. The summed E-state index contributed by atoms with van der Waals surface area (Å²) in [5.41, 5.74) is 1.06. The predicted octanol–water partition coefficient (Wildman–Crippen LogP) is 2.03. The summed E-state index contributed by atoms with van der Waals surface area (Å²) in [6, 6.07) is 3.79. The van der Waals surface area contributed by atoms with E-state index in [-0.39, 0.29) is 30.8 Å². The van der Waals surface area contributed by atoms with E-state index in [1.165, 1.54) is 7.11 Å². The Morgan fingerprint density at radius 2 is 2.21 bits per heavy atom. The third-order valence-electron chi connectivity index (χ3n) is 1.57. The second-order valence-corrected chi connectivity index (χ2v) is 2.44. The molecule has 0 unspecified atom stereocenters. The summed E-state index contributed by atoms with van der Waals surface area (Å²) in [7, 11) is 1.39. The minimum atomic E-state index is -0.182. The van der Waals surface area contributed by atoms with Crippen LogP contribution in [0.4, 0.5) is 0 Å². The van der Waals surface area contributed by atoms with Crippen LogP contribution in [0.2, 0.25) is 0 Å². The average Bonchev–Trinajstić information content (AvgIpc) is 2.16. The van der Waals surface area contributed by atoms with E-state index in [0.717, 1.165) is 5.56 Å². The highest BCUT2D eigenvalue weighted by Crippen LogP contribution is 2.00. The number of hydrogen-bond donors (Lipinski definition) is 0. The molecule has 1 heterocycles. The lowest BCUT2D eigenvalue weighted by molar-refractivity contribution is -0.140. The van der Waals surface area contributed by atoms with Crippen molar-refractivity contribution in [2.24, 2.45) is 0 Å². The van der Waals surface area contributed by atoms with Gasteiger partial charge in [0.2, 0.25) is 0 Å². The van der Waals surface area contributed by atoms with Crippen LogP contribution >= 0.6 is 24.8 Å². The molecule has 0 atom stereocenters. The first-order chi connectivity index (χ1) is 5.83. The molecule has 3 nitrogen and oxygen atoms in total. The molecule has 0 saturated heterocycles. The average molecular weight is 238 g/mol. The molecule has 0 aliphatic heterocycles. The van der Waals surface area contributed by atoms with Gasteiger partial charge in [-0.2, -0.15) is 0 Å². The van der Waals surface area contributed by atoms with E-state index in [1.54, 1.807) is 12.4 Å². The summed E-state index contributed by atoms with van der Waals surface area (Å²) in [5.74, 6) is -0.182. The highest BCUT2D eigenvalue weighted by molar-refractivity contribution is 5.85. The van der Waals surface area contributed by atoms with Crippen molar-refractivity contribution in [3.8, 4) is 0 Å². The zero-order chi connectivity index (χ0) is 8.81. The smallest absolute Gasteiger partial charge is 0.305 e. The summed E-state index contributed by atoms with van der Waals surface area (Å²) in [6.45, 7) is 0. The fourth-order valence-electron chi connectivity index (χ4n) is 0.894. The summed E-state index contributed by atoms with van der Waals surface area (Å²) in [5, 5.41) is 0. The summed E-state index contributed by atoms with van der Waals surface area (Å²) >= 11 is 0. The first-order valence-corrected chi connectivity index (χ1v) is 3.78. The van der Waals surface area contributed by atoms with Gasteiger partial charge in [0, 0.05) is 18.8 Å². The fraction of sp³-hybridized carbons (Fsp3) is 0.333. The molecule has 1 aromatic rings. The normalized spacial score (nSPS) is 8.07. The van der Waals surface area contributed by atoms with E-state index >= 15 is 0 Å². The van der Waals surface area contributed by atoms with Crippen molar-refractivity contribution in [2.45, 2.75) is 12.8 Å². The molecule has 0 fully saturated rings. The molecule has 80 valence electrons. The summed E-state index contributed by atoms with van der Waals surface area (Å²) in [4.78, 5) is 14.7. The van der Waals surface area contributed by atoms with Gasteiger partial charge in [-0.15, -0.1) is 24.8 Å². The first-order valence-electron chi connectivity index (χ1n) is 3.78. The molecule has 0 amide bonds. The van der Waals surface area contributed by atoms with Crippen LogP contribution in [-0.2, 0) is 16.0 Å². The summed E-state index contributed by atoms with van der Waals surface area (Å²) < 4.78 is 4.51. The molecule has 0 saturated carbocycles. The Labute approximate surface area is 95.7 Å². The van der Waals surface area contributed by atoms with Gasteiger partial charge in [0.25, 0.3) is 0 Å². The number of rotatable bonds is 3. The molecule has 0 aliphatic carbocycles. The van der Waals surface area contributed by atoms with E-state index in [9.17, 15) is 4.79 Å². The number of pyridine rings is 1. The van der Waals surface area contributed by atoms with Crippen LogP contribution in [0.1, 0.15) is 12.0 Å². The zero-order valence-electron chi connectivity index (χ0n) is 7.80. The number of aryl methyl sites for hydroxylation is 1. The van der Waals surface area contributed by atoms with Crippen LogP contribution in [0.3, 0.4) is 0 Å². The van der Waals surface area contributed by atoms with E-state index in [4.69, 9.17) is 0 Å². The monoisotopic (exact) mass is 237 g/mol. The van der Waals surface area contributed by atoms with Gasteiger partial charge in [-0.05, 0) is 18.1 Å². The number of hydrogen-bond acceptors (Lipinski definition) is 3. The van der Waals surface area contributed by atoms with Crippen molar-refractivity contribution in [1.29, 1.82) is 0 Å². The molecule has 1 rings (SSSR count). The largest absolute Gasteiger partial charge is 0.469 e. The van der Waals surface area contributed by atoms with Gasteiger partial charge >= 0.3 is 5.97 Å². The lowest BCUT2D eigenvalue weighted by Gasteiger charge is -1.98. The quantitative estimate of drug-likeness (QED) is 0.756. The molecule has 14 heavy (non-hydrogen) atoms. The number of ether oxygens (including phenoxy) is 1. The van der Waals surface area contributed by atoms with Crippen molar-refractivity contribution >= 4 is 30.8 Å². The molecule has 0 radical (unpaired) electrons. The van der Waals surface area contributed by atoms with Gasteiger partial charge in [-0.25, -0.2) is 0 Å². The number of halogens is 2. The van der Waals surface area contributed by atoms with Crippen molar-refractivity contribution < 1.29 is 9.53 Å². The predicted molar refractivity (Wildman–Crippen MR) is 59.1 cm³/mol. The van der Waals surface area contributed by atoms with Crippen molar-refractivity contribution in [2.75, 3.05) is 7.11 Å². The number of esters is 1. The zero-order valence-corrected chi connectivity index (χ0v) is 9.44. The Morgan fingerprint density at radius 1 is 1.50 bits per heavy atom. The van der Waals surface area contributed by atoms with Crippen LogP contribution in [0.25, 0.3) is 0 Å². The van der Waals surface area contributed by atoms with E-state index < -0.39 is 0 Å². The van der Waals surface area contributed by atoms with Crippen molar-refractivity contribution in [1.82, 2.24) is 4.98 Å². The molecule has 5 heteroatoms. The van der Waals surface area contributed by atoms with Crippen molar-refractivity contribution in [3.63, 3.8) is 0 Å². The molecule has 0 aliphatic rings. The second kappa shape index (κ2) is 8.78. The minimum Gasteiger partial charge on any atom is -0.469 e. The number of aromatic nitrogens is 1. The molecule has 0 bridgehead atoms. The topological polar surface area (TPSA) is 39.2 Å². The van der Waals surface area contributed by atoms with Gasteiger partial charge < -0.3 is 4.74 Å². The molecule has 0 N–H and O–H groups in total. The van der Waals surface area contributed by atoms with Gasteiger partial charge in [-0.3, -0.25) is 9.78 Å². The minimum absolute atomic E-state index is 0. The van der Waals surface area contributed by atoms with Gasteiger partial charge in [0.1, 0.15) is 0 Å². The second-order valence-electron chi connectivity index (χ2n) is 2.44. The maximum absolute atomic E-state index is 10.7. The van der Waals surface area contributed by atoms with Crippen LogP contribution in [0, 0.1) is 0 Å². The van der Waals surface area contributed by atoms with E-state index in [1.807, 2.05) is 12.1 Å². The highest BCUT2D eigenvalue weighted by atomic mass is 35.5. The Balaban J connectivity index is 0. The Kier molecular flexibility index (Phi) is 9.83. The fourth-order valence-corrected chi connectivity index (χ4v) is 0.894. The van der Waals surface area contributed by atoms with E-state index in [0.29, 0.717) is 12.8 Å². The third-order valence-corrected chi connectivity index (χ3v) is 1.57. The first kappa shape index (κ1) is 15.7. The van der Waals surface area contributed by atoms with Crippen LogP contribution < -0.4 is 0 Å². The Bertz CT molecular complexity index is 254. The lowest BCUT2D eigenvalue weighted by Crippen LogP contribution is -2.01. The van der Waals surface area contributed by atoms with Gasteiger partial charge in [0.15, 0.2) is 0 Å². The van der Waals surface area contributed by atoms with Gasteiger partial charge in [0.05, 0.1) is 7.11 Å². The lowest BCUT2D eigenvalue weighted by atomic mass is 10.2.